The van der Waals surface area contributed by atoms with Gasteiger partial charge in [0.05, 0.1) is 0 Å². The quantitative estimate of drug-likeness (QED) is 0.668. The lowest BCUT2D eigenvalue weighted by Gasteiger charge is -2.30. The average Bonchev–Trinajstić information content (AvgIpc) is 2.38. The molecule has 0 heterocycles. The summed E-state index contributed by atoms with van der Waals surface area (Å²) >= 11 is 3.68. The normalized spacial score (nSPS) is 24.9. The summed E-state index contributed by atoms with van der Waals surface area (Å²) in [5, 5.41) is 0. The van der Waals surface area contributed by atoms with Crippen LogP contribution in [-0.2, 0) is 5.41 Å². The maximum Gasteiger partial charge on any atom is 0.316 e. The van der Waals surface area contributed by atoms with E-state index in [1.54, 1.807) is 11.1 Å². The Morgan fingerprint density at radius 1 is 1.22 bits per heavy atom. The molecule has 98 valence electrons. The van der Waals surface area contributed by atoms with Crippen LogP contribution in [0.2, 0.25) is 0 Å². The number of rotatable bonds is 1. The Morgan fingerprint density at radius 2 is 1.78 bits per heavy atom. The van der Waals surface area contributed by atoms with Gasteiger partial charge in [-0.3, -0.25) is 0 Å². The monoisotopic (exact) mass is 320 g/mol. The molecule has 0 amide bonds. The number of hydrogen-bond donors (Lipinski definition) is 0. The predicted molar refractivity (Wildman–Crippen MR) is 87.2 cm³/mol. The fraction of sp³-hybridized carbons (Fsp3) is 0.625. The molecule has 2 heteroatoms. The van der Waals surface area contributed by atoms with Crippen molar-refractivity contribution in [3.8, 4) is 0 Å². The van der Waals surface area contributed by atoms with E-state index in [-0.39, 0.29) is 23.1 Å². The fourth-order valence-electron chi connectivity index (χ4n) is 3.43. The van der Waals surface area contributed by atoms with Gasteiger partial charge in [-0.25, -0.2) is 0 Å². The average molecular weight is 322 g/mol. The van der Waals surface area contributed by atoms with Crippen LogP contribution in [0.25, 0.3) is 0 Å². The molecule has 2 unspecified atom stereocenters. The molecular formula is C16H25BrMg. The minimum atomic E-state index is 0. The van der Waals surface area contributed by atoms with Gasteiger partial charge in [-0.1, -0.05) is 56.6 Å². The van der Waals surface area contributed by atoms with Crippen molar-refractivity contribution in [3.05, 3.63) is 33.3 Å². The molecule has 0 radical (unpaired) electrons. The third kappa shape index (κ3) is 2.41. The lowest BCUT2D eigenvalue weighted by Crippen LogP contribution is -2.25. The summed E-state index contributed by atoms with van der Waals surface area (Å²) in [4.78, 5) is 0. The third-order valence-corrected chi connectivity index (χ3v) is 5.63. The number of aryl methyl sites for hydroxylation is 1. The Kier molecular flexibility index (Phi) is 5.01. The fourth-order valence-corrected chi connectivity index (χ4v) is 3.79. The molecule has 1 aromatic rings. The van der Waals surface area contributed by atoms with Crippen LogP contribution in [0.15, 0.2) is 16.6 Å². The van der Waals surface area contributed by atoms with E-state index in [1.807, 2.05) is 0 Å². The molecule has 0 fully saturated rings. The minimum absolute atomic E-state index is 0. The van der Waals surface area contributed by atoms with Gasteiger partial charge in [-0.05, 0) is 52.8 Å². The highest BCUT2D eigenvalue weighted by molar-refractivity contribution is 9.10. The zero-order valence-electron chi connectivity index (χ0n) is 11.8. The maximum absolute atomic E-state index is 3.68. The zero-order valence-corrected chi connectivity index (χ0v) is 13.4. The summed E-state index contributed by atoms with van der Waals surface area (Å²) < 4.78 is 1.26. The first-order valence-corrected chi connectivity index (χ1v) is 7.36. The Balaban J connectivity index is 0.00000162. The van der Waals surface area contributed by atoms with E-state index in [0.29, 0.717) is 23.2 Å². The van der Waals surface area contributed by atoms with Gasteiger partial charge in [-0.2, -0.15) is 0 Å². The first-order valence-electron chi connectivity index (χ1n) is 6.57. The van der Waals surface area contributed by atoms with Crippen molar-refractivity contribution in [2.45, 2.75) is 52.9 Å². The van der Waals surface area contributed by atoms with Gasteiger partial charge in [-0.15, -0.1) is 0 Å². The van der Waals surface area contributed by atoms with E-state index < -0.39 is 0 Å². The Bertz CT molecular complexity index is 449. The van der Waals surface area contributed by atoms with E-state index in [9.17, 15) is 0 Å². The number of fused-ring (bicyclic) bond motifs is 1. The van der Waals surface area contributed by atoms with E-state index in [4.69, 9.17) is 0 Å². The number of halogens is 1. The predicted octanol–water partition coefficient (Wildman–Crippen LogP) is 4.51. The summed E-state index contributed by atoms with van der Waals surface area (Å²) in [6, 6.07) is 4.75. The van der Waals surface area contributed by atoms with Crippen LogP contribution in [0.1, 0.15) is 57.2 Å². The van der Waals surface area contributed by atoms with Crippen LogP contribution in [0, 0.1) is 18.8 Å². The van der Waals surface area contributed by atoms with Crippen LogP contribution in [0.4, 0.5) is 0 Å². The van der Waals surface area contributed by atoms with Crippen LogP contribution in [0.3, 0.4) is 0 Å². The first-order chi connectivity index (χ1) is 7.76. The van der Waals surface area contributed by atoms with Crippen molar-refractivity contribution in [2.75, 3.05) is 0 Å². The van der Waals surface area contributed by atoms with Crippen molar-refractivity contribution >= 4 is 39.0 Å². The van der Waals surface area contributed by atoms with E-state index in [0.717, 1.165) is 0 Å². The third-order valence-electron chi connectivity index (χ3n) is 4.78. The van der Waals surface area contributed by atoms with Gasteiger partial charge < -0.3 is 0 Å². The maximum atomic E-state index is 3.68. The van der Waals surface area contributed by atoms with Crippen LogP contribution in [0.5, 0.6) is 0 Å². The second kappa shape index (κ2) is 5.45. The minimum Gasteiger partial charge on any atom is -0.0622 e. The molecule has 0 spiro atoms. The van der Waals surface area contributed by atoms with Crippen LogP contribution < -0.4 is 0 Å². The SMILES string of the molecule is Cc1cc2c(cc1Br)C(C(C)C)C(C)C2(C)C.[MgH2]. The Hall–Kier alpha value is 0.466. The summed E-state index contributed by atoms with van der Waals surface area (Å²) in [6.45, 7) is 14.1. The zero-order chi connectivity index (χ0) is 13.0. The molecule has 2 atom stereocenters. The molecule has 1 aromatic carbocycles. The summed E-state index contributed by atoms with van der Waals surface area (Å²) in [5.74, 6) is 2.11. The highest BCUT2D eigenvalue weighted by atomic mass is 79.9. The van der Waals surface area contributed by atoms with Crippen molar-refractivity contribution in [1.82, 2.24) is 0 Å². The molecule has 1 aliphatic rings. The second-order valence-electron chi connectivity index (χ2n) is 6.47. The second-order valence-corrected chi connectivity index (χ2v) is 7.32. The van der Waals surface area contributed by atoms with Gasteiger partial charge in [0.25, 0.3) is 0 Å². The van der Waals surface area contributed by atoms with Crippen molar-refractivity contribution in [2.24, 2.45) is 11.8 Å². The lowest BCUT2D eigenvalue weighted by atomic mass is 9.74. The highest BCUT2D eigenvalue weighted by Gasteiger charge is 2.44. The molecule has 0 nitrogen and oxygen atoms in total. The Morgan fingerprint density at radius 3 is 2.28 bits per heavy atom. The lowest BCUT2D eigenvalue weighted by molar-refractivity contribution is 0.286. The van der Waals surface area contributed by atoms with E-state index >= 15 is 0 Å². The van der Waals surface area contributed by atoms with Crippen LogP contribution >= 0.6 is 15.9 Å². The largest absolute Gasteiger partial charge is 0.316 e. The van der Waals surface area contributed by atoms with E-state index in [1.165, 1.54) is 10.0 Å². The van der Waals surface area contributed by atoms with Gasteiger partial charge in [0.1, 0.15) is 0 Å². The molecule has 18 heavy (non-hydrogen) atoms. The number of hydrogen-bond acceptors (Lipinski definition) is 0. The van der Waals surface area contributed by atoms with Gasteiger partial charge in [0, 0.05) is 4.47 Å². The molecule has 0 aliphatic heterocycles. The molecule has 0 N–H and O–H groups in total. The molecule has 1 aliphatic carbocycles. The van der Waals surface area contributed by atoms with Gasteiger partial charge in [0.15, 0.2) is 0 Å². The smallest absolute Gasteiger partial charge is 0.0622 e. The van der Waals surface area contributed by atoms with Crippen molar-refractivity contribution in [1.29, 1.82) is 0 Å². The molecule has 0 bridgehead atoms. The van der Waals surface area contributed by atoms with Gasteiger partial charge in [0.2, 0.25) is 0 Å². The number of benzene rings is 1. The highest BCUT2D eigenvalue weighted by Crippen LogP contribution is 2.53. The first kappa shape index (κ1) is 16.5. The van der Waals surface area contributed by atoms with Crippen molar-refractivity contribution < 1.29 is 0 Å². The summed E-state index contributed by atoms with van der Waals surface area (Å²) in [7, 11) is 0. The standard InChI is InChI=1S/C16H23Br.Mg.2H/c1-9(2)15-11(4)16(5,6)13-7-10(3)14(17)8-12(13)15;;;/h7-9,11,15H,1-6H3;;;. The topological polar surface area (TPSA) is 0 Å². The van der Waals surface area contributed by atoms with Crippen molar-refractivity contribution in [3.63, 3.8) is 0 Å². The van der Waals surface area contributed by atoms with Gasteiger partial charge >= 0.3 is 23.1 Å². The molecule has 0 saturated carbocycles. The molecule has 0 saturated heterocycles. The van der Waals surface area contributed by atoms with E-state index in [2.05, 4.69) is 69.6 Å². The Labute approximate surface area is 136 Å². The summed E-state index contributed by atoms with van der Waals surface area (Å²) in [6.07, 6.45) is 0. The molecule has 0 aromatic heterocycles. The summed E-state index contributed by atoms with van der Waals surface area (Å²) in [5.41, 5.74) is 4.78. The molecule has 2 rings (SSSR count). The molecular weight excluding hydrogens is 296 g/mol. The van der Waals surface area contributed by atoms with Crippen LogP contribution in [-0.4, -0.2) is 23.1 Å².